The lowest BCUT2D eigenvalue weighted by Crippen LogP contribution is -2.49. The molecule has 0 N–H and O–H groups in total. The van der Waals surface area contributed by atoms with Crippen molar-refractivity contribution in [3.05, 3.63) is 51.2 Å². The average Bonchev–Trinajstić information content (AvgIpc) is 3.47. The second-order valence-corrected chi connectivity index (χ2v) is 7.63. The smallest absolute Gasteiger partial charge is 0.254 e. The lowest BCUT2D eigenvalue weighted by atomic mass is 10.2. The first-order valence-electron chi connectivity index (χ1n) is 8.34. The molecule has 124 valence electrons. The predicted molar refractivity (Wildman–Crippen MR) is 101 cm³/mol. The summed E-state index contributed by atoms with van der Waals surface area (Å²) in [5, 5.41) is 8.73. The molecule has 1 aliphatic carbocycles. The zero-order valence-electron chi connectivity index (χ0n) is 13.4. The van der Waals surface area contributed by atoms with E-state index in [-0.39, 0.29) is 5.91 Å². The first-order valence-corrected chi connectivity index (χ1v) is 9.42. The van der Waals surface area contributed by atoms with E-state index in [9.17, 15) is 4.79 Å². The molecule has 4 rings (SSSR count). The van der Waals surface area contributed by atoms with Crippen molar-refractivity contribution in [2.45, 2.75) is 18.8 Å². The number of halogens is 1. The van der Waals surface area contributed by atoms with Gasteiger partial charge in [0.05, 0.1) is 5.69 Å². The Morgan fingerprint density at radius 3 is 2.46 bits per heavy atom. The number of hydrogen-bond donors (Lipinski definition) is 0. The number of aromatic nitrogens is 2. The summed E-state index contributed by atoms with van der Waals surface area (Å²) in [6, 6.07) is 11.9. The summed E-state index contributed by atoms with van der Waals surface area (Å²) < 4.78 is 1.09. The van der Waals surface area contributed by atoms with Gasteiger partial charge in [0, 0.05) is 41.2 Å². The molecule has 0 radical (unpaired) electrons. The third-order valence-corrected chi connectivity index (χ3v) is 5.30. The van der Waals surface area contributed by atoms with Gasteiger partial charge in [-0.15, -0.1) is 5.10 Å². The van der Waals surface area contributed by atoms with Crippen LogP contribution >= 0.6 is 22.6 Å². The Balaban J connectivity index is 1.38. The van der Waals surface area contributed by atoms with E-state index >= 15 is 0 Å². The van der Waals surface area contributed by atoms with Crippen molar-refractivity contribution in [2.24, 2.45) is 0 Å². The first kappa shape index (κ1) is 15.8. The van der Waals surface area contributed by atoms with Crippen molar-refractivity contribution >= 4 is 34.3 Å². The van der Waals surface area contributed by atoms with E-state index in [2.05, 4.69) is 49.8 Å². The number of anilines is 1. The van der Waals surface area contributed by atoms with Gasteiger partial charge < -0.3 is 9.80 Å². The molecule has 2 fully saturated rings. The molecule has 0 spiro atoms. The van der Waals surface area contributed by atoms with E-state index in [1.807, 2.05) is 29.2 Å². The normalized spacial score (nSPS) is 17.9. The fourth-order valence-corrected chi connectivity index (χ4v) is 3.59. The van der Waals surface area contributed by atoms with Crippen molar-refractivity contribution in [2.75, 3.05) is 31.1 Å². The van der Waals surface area contributed by atoms with Gasteiger partial charge in [-0.05, 0) is 65.8 Å². The van der Waals surface area contributed by atoms with Crippen molar-refractivity contribution in [1.82, 2.24) is 15.1 Å². The fourth-order valence-electron chi connectivity index (χ4n) is 3.04. The Bertz CT molecular complexity index is 737. The number of carbonyl (C=O) groups excluding carboxylic acids is 1. The van der Waals surface area contributed by atoms with Gasteiger partial charge in [0.15, 0.2) is 5.82 Å². The van der Waals surface area contributed by atoms with E-state index in [1.165, 1.54) is 12.8 Å². The van der Waals surface area contributed by atoms with Crippen LogP contribution in [0.1, 0.15) is 34.8 Å². The minimum atomic E-state index is 0.114. The summed E-state index contributed by atoms with van der Waals surface area (Å²) in [5.74, 6) is 1.67. The summed E-state index contributed by atoms with van der Waals surface area (Å²) in [5.41, 5.74) is 1.88. The Labute approximate surface area is 155 Å². The fraction of sp³-hybridized carbons (Fsp3) is 0.389. The Hall–Kier alpha value is -1.70. The lowest BCUT2D eigenvalue weighted by molar-refractivity contribution is 0.0746. The minimum Gasteiger partial charge on any atom is -0.352 e. The van der Waals surface area contributed by atoms with Gasteiger partial charge in [-0.1, -0.05) is 6.07 Å². The summed E-state index contributed by atoms with van der Waals surface area (Å²) in [7, 11) is 0. The number of piperazine rings is 1. The second kappa shape index (κ2) is 6.66. The van der Waals surface area contributed by atoms with Crippen LogP contribution in [0.15, 0.2) is 36.4 Å². The molecule has 0 unspecified atom stereocenters. The van der Waals surface area contributed by atoms with E-state index in [1.54, 1.807) is 0 Å². The molecule has 2 aliphatic rings. The first-order chi connectivity index (χ1) is 11.7. The van der Waals surface area contributed by atoms with Gasteiger partial charge in [0.1, 0.15) is 0 Å². The van der Waals surface area contributed by atoms with Crippen LogP contribution < -0.4 is 4.90 Å². The summed E-state index contributed by atoms with van der Waals surface area (Å²) in [6.07, 6.45) is 2.49. The van der Waals surface area contributed by atoms with Crippen molar-refractivity contribution in [3.8, 4) is 0 Å². The lowest BCUT2D eigenvalue weighted by Gasteiger charge is -2.35. The van der Waals surface area contributed by atoms with Crippen LogP contribution in [0.3, 0.4) is 0 Å². The van der Waals surface area contributed by atoms with Crippen molar-refractivity contribution in [1.29, 1.82) is 0 Å². The molecule has 1 saturated carbocycles. The SMILES string of the molecule is O=C(c1cccc(I)c1)N1CCN(c2ccc(C3CC3)nn2)CC1. The molecule has 2 aromatic rings. The van der Waals surface area contributed by atoms with Crippen LogP contribution in [-0.4, -0.2) is 47.2 Å². The number of hydrogen-bond acceptors (Lipinski definition) is 4. The van der Waals surface area contributed by atoms with Crippen LogP contribution in [0, 0.1) is 3.57 Å². The van der Waals surface area contributed by atoms with Crippen LogP contribution in [0.25, 0.3) is 0 Å². The molecule has 1 saturated heterocycles. The quantitative estimate of drug-likeness (QED) is 0.698. The largest absolute Gasteiger partial charge is 0.352 e. The highest BCUT2D eigenvalue weighted by atomic mass is 127. The molecule has 1 aromatic carbocycles. The zero-order valence-corrected chi connectivity index (χ0v) is 15.5. The molecule has 1 amide bonds. The summed E-state index contributed by atoms with van der Waals surface area (Å²) in [4.78, 5) is 16.7. The number of amides is 1. The number of nitrogens with zero attached hydrogens (tertiary/aromatic N) is 4. The average molecular weight is 434 g/mol. The third kappa shape index (κ3) is 3.38. The monoisotopic (exact) mass is 434 g/mol. The molecular weight excluding hydrogens is 415 g/mol. The number of rotatable bonds is 3. The van der Waals surface area contributed by atoms with Crippen molar-refractivity contribution in [3.63, 3.8) is 0 Å². The van der Waals surface area contributed by atoms with Gasteiger partial charge in [-0.3, -0.25) is 4.79 Å². The highest BCUT2D eigenvalue weighted by Gasteiger charge is 2.26. The predicted octanol–water partition coefficient (Wildman–Crippen LogP) is 2.92. The molecule has 0 bridgehead atoms. The molecular formula is C18H19IN4O. The zero-order chi connectivity index (χ0) is 16.5. The maximum absolute atomic E-state index is 12.6. The molecule has 6 heteroatoms. The van der Waals surface area contributed by atoms with Crippen LogP contribution in [0.2, 0.25) is 0 Å². The van der Waals surface area contributed by atoms with Gasteiger partial charge in [-0.25, -0.2) is 0 Å². The van der Waals surface area contributed by atoms with E-state index in [0.717, 1.165) is 46.8 Å². The van der Waals surface area contributed by atoms with E-state index < -0.39 is 0 Å². The van der Waals surface area contributed by atoms with Crippen LogP contribution in [0.4, 0.5) is 5.82 Å². The Morgan fingerprint density at radius 2 is 1.83 bits per heavy atom. The summed E-state index contributed by atoms with van der Waals surface area (Å²) >= 11 is 2.24. The van der Waals surface area contributed by atoms with Gasteiger partial charge in [0.25, 0.3) is 5.91 Å². The molecule has 1 aliphatic heterocycles. The van der Waals surface area contributed by atoms with Gasteiger partial charge >= 0.3 is 0 Å². The Morgan fingerprint density at radius 1 is 1.04 bits per heavy atom. The molecule has 5 nitrogen and oxygen atoms in total. The van der Waals surface area contributed by atoms with Gasteiger partial charge in [0.2, 0.25) is 0 Å². The number of benzene rings is 1. The summed E-state index contributed by atoms with van der Waals surface area (Å²) in [6.45, 7) is 3.03. The maximum Gasteiger partial charge on any atom is 0.254 e. The number of carbonyl (C=O) groups is 1. The van der Waals surface area contributed by atoms with Crippen molar-refractivity contribution < 1.29 is 4.79 Å². The standard InChI is InChI=1S/C18H19IN4O/c19-15-3-1-2-14(12-15)18(24)23-10-8-22(9-11-23)17-7-6-16(20-21-17)13-4-5-13/h1-3,6-7,12-13H,4-5,8-11H2. The highest BCUT2D eigenvalue weighted by molar-refractivity contribution is 14.1. The minimum absolute atomic E-state index is 0.114. The second-order valence-electron chi connectivity index (χ2n) is 6.38. The van der Waals surface area contributed by atoms with Crippen LogP contribution in [-0.2, 0) is 0 Å². The topological polar surface area (TPSA) is 49.3 Å². The van der Waals surface area contributed by atoms with Crippen LogP contribution in [0.5, 0.6) is 0 Å². The molecule has 1 aromatic heterocycles. The van der Waals surface area contributed by atoms with E-state index in [4.69, 9.17) is 0 Å². The maximum atomic E-state index is 12.6. The highest BCUT2D eigenvalue weighted by Crippen LogP contribution is 2.38. The third-order valence-electron chi connectivity index (χ3n) is 4.63. The van der Waals surface area contributed by atoms with Gasteiger partial charge in [-0.2, -0.15) is 5.10 Å². The Kier molecular flexibility index (Phi) is 4.39. The molecule has 2 heterocycles. The molecule has 24 heavy (non-hydrogen) atoms. The van der Waals surface area contributed by atoms with E-state index in [0.29, 0.717) is 5.92 Å². The molecule has 0 atom stereocenters.